The van der Waals surface area contributed by atoms with Crippen molar-refractivity contribution in [1.29, 1.82) is 0 Å². The van der Waals surface area contributed by atoms with Gasteiger partial charge in [0.1, 0.15) is 0 Å². The van der Waals surface area contributed by atoms with Crippen LogP contribution in [0.15, 0.2) is 6.20 Å². The second-order valence-corrected chi connectivity index (χ2v) is 3.94. The topological polar surface area (TPSA) is 55.9 Å². The molecule has 0 aliphatic carbocycles. The molecule has 0 fully saturated rings. The fourth-order valence-corrected chi connectivity index (χ4v) is 1.51. The molecule has 66 valence electrons. The molecule has 1 aromatic rings. The van der Waals surface area contributed by atoms with Crippen molar-refractivity contribution in [2.75, 3.05) is 5.73 Å². The minimum absolute atomic E-state index is 0.130. The zero-order chi connectivity index (χ0) is 8.77. The Morgan fingerprint density at radius 1 is 1.67 bits per heavy atom. The van der Waals surface area contributed by atoms with Crippen LogP contribution in [0.1, 0.15) is 19.5 Å². The highest BCUT2D eigenvalue weighted by atomic mass is 15.3. The first-order valence-electron chi connectivity index (χ1n) is 4.14. The molecule has 0 radical (unpaired) electrons. The van der Waals surface area contributed by atoms with Crippen LogP contribution in [0.5, 0.6) is 0 Å². The first-order chi connectivity index (χ1) is 5.58. The van der Waals surface area contributed by atoms with Crippen LogP contribution in [0, 0.1) is 0 Å². The van der Waals surface area contributed by atoms with Crippen LogP contribution in [-0.2, 0) is 13.1 Å². The van der Waals surface area contributed by atoms with Crippen LogP contribution in [0.25, 0.3) is 0 Å². The van der Waals surface area contributed by atoms with Crippen molar-refractivity contribution < 1.29 is 0 Å². The molecular weight excluding hydrogens is 152 g/mol. The van der Waals surface area contributed by atoms with E-state index in [0.717, 1.165) is 24.5 Å². The lowest BCUT2D eigenvalue weighted by Crippen LogP contribution is -2.47. The van der Waals surface area contributed by atoms with Crippen LogP contribution in [0.2, 0.25) is 0 Å². The fraction of sp³-hybridized carbons (Fsp3) is 0.625. The highest BCUT2D eigenvalue weighted by molar-refractivity contribution is 5.41. The first-order valence-corrected chi connectivity index (χ1v) is 4.14. The summed E-state index contributed by atoms with van der Waals surface area (Å²) in [5, 5.41) is 7.60. The van der Waals surface area contributed by atoms with Gasteiger partial charge in [0, 0.05) is 12.1 Å². The molecule has 2 heterocycles. The Kier molecular flexibility index (Phi) is 1.41. The maximum atomic E-state index is 5.73. The largest absolute Gasteiger partial charge is 0.396 e. The zero-order valence-corrected chi connectivity index (χ0v) is 7.46. The van der Waals surface area contributed by atoms with Crippen molar-refractivity contribution in [3.8, 4) is 0 Å². The number of nitrogen functional groups attached to an aromatic ring is 1. The average Bonchev–Trinajstić information content (AvgIpc) is 2.30. The number of hydrogen-bond donors (Lipinski definition) is 2. The predicted octanol–water partition coefficient (Wildman–Crippen LogP) is 0.347. The van der Waals surface area contributed by atoms with Crippen molar-refractivity contribution in [3.63, 3.8) is 0 Å². The van der Waals surface area contributed by atoms with Gasteiger partial charge in [-0.1, -0.05) is 0 Å². The van der Waals surface area contributed by atoms with E-state index in [0.29, 0.717) is 0 Å². The summed E-state index contributed by atoms with van der Waals surface area (Å²) in [6, 6.07) is 0. The number of fused-ring (bicyclic) bond motifs is 1. The summed E-state index contributed by atoms with van der Waals surface area (Å²) >= 11 is 0. The van der Waals surface area contributed by atoms with E-state index in [-0.39, 0.29) is 5.54 Å². The second-order valence-electron chi connectivity index (χ2n) is 3.94. The summed E-state index contributed by atoms with van der Waals surface area (Å²) in [5.41, 5.74) is 7.75. The van der Waals surface area contributed by atoms with Crippen molar-refractivity contribution in [2.24, 2.45) is 0 Å². The first kappa shape index (κ1) is 7.61. The molecule has 4 heteroatoms. The molecule has 1 aromatic heterocycles. The Morgan fingerprint density at radius 2 is 2.42 bits per heavy atom. The Morgan fingerprint density at radius 3 is 3.17 bits per heavy atom. The van der Waals surface area contributed by atoms with Crippen LogP contribution in [0.4, 0.5) is 5.69 Å². The van der Waals surface area contributed by atoms with Crippen molar-refractivity contribution in [1.82, 2.24) is 15.1 Å². The molecule has 0 saturated carbocycles. The van der Waals surface area contributed by atoms with Gasteiger partial charge in [0.05, 0.1) is 24.1 Å². The molecule has 0 spiro atoms. The Hall–Kier alpha value is -1.03. The fourth-order valence-electron chi connectivity index (χ4n) is 1.51. The van der Waals surface area contributed by atoms with Gasteiger partial charge in [0.25, 0.3) is 0 Å². The molecule has 4 nitrogen and oxygen atoms in total. The number of nitrogens with one attached hydrogen (secondary N) is 1. The molecule has 1 aliphatic heterocycles. The lowest BCUT2D eigenvalue weighted by molar-refractivity contribution is 0.277. The van der Waals surface area contributed by atoms with Gasteiger partial charge in [-0.25, -0.2) is 0 Å². The maximum Gasteiger partial charge on any atom is 0.0752 e. The highest BCUT2D eigenvalue weighted by Gasteiger charge is 2.25. The molecular formula is C8H14N4. The standard InChI is InChI=1S/C8H14N4/c1-8(2)5-12-7(4-10-8)6(9)3-11-12/h3,10H,4-5,9H2,1-2H3. The van der Waals surface area contributed by atoms with E-state index in [1.807, 2.05) is 4.68 Å². The van der Waals surface area contributed by atoms with Crippen molar-refractivity contribution >= 4 is 5.69 Å². The van der Waals surface area contributed by atoms with E-state index in [1.54, 1.807) is 6.20 Å². The third-order valence-corrected chi connectivity index (χ3v) is 2.26. The monoisotopic (exact) mass is 166 g/mol. The van der Waals surface area contributed by atoms with E-state index in [9.17, 15) is 0 Å². The van der Waals surface area contributed by atoms with Crippen LogP contribution in [-0.4, -0.2) is 15.3 Å². The lowest BCUT2D eigenvalue weighted by atomic mass is 10.0. The molecule has 12 heavy (non-hydrogen) atoms. The van der Waals surface area contributed by atoms with Crippen LogP contribution >= 0.6 is 0 Å². The van der Waals surface area contributed by atoms with Gasteiger partial charge in [-0.3, -0.25) is 4.68 Å². The number of nitrogens with zero attached hydrogens (tertiary/aromatic N) is 2. The summed E-state index contributed by atoms with van der Waals surface area (Å²) in [5.74, 6) is 0. The third-order valence-electron chi connectivity index (χ3n) is 2.26. The van der Waals surface area contributed by atoms with Gasteiger partial charge in [0.2, 0.25) is 0 Å². The van der Waals surface area contributed by atoms with Gasteiger partial charge < -0.3 is 11.1 Å². The molecule has 3 N–H and O–H groups in total. The zero-order valence-electron chi connectivity index (χ0n) is 7.46. The summed E-state index contributed by atoms with van der Waals surface area (Å²) < 4.78 is 1.98. The van der Waals surface area contributed by atoms with Gasteiger partial charge >= 0.3 is 0 Å². The molecule has 0 unspecified atom stereocenters. The lowest BCUT2D eigenvalue weighted by Gasteiger charge is -2.31. The normalized spacial score (nSPS) is 20.5. The van der Waals surface area contributed by atoms with Gasteiger partial charge in [-0.15, -0.1) is 0 Å². The van der Waals surface area contributed by atoms with Crippen LogP contribution < -0.4 is 11.1 Å². The second kappa shape index (κ2) is 2.23. The molecule has 0 atom stereocenters. The van der Waals surface area contributed by atoms with E-state index in [2.05, 4.69) is 24.3 Å². The van der Waals surface area contributed by atoms with E-state index >= 15 is 0 Å². The van der Waals surface area contributed by atoms with Gasteiger partial charge in [0.15, 0.2) is 0 Å². The third kappa shape index (κ3) is 1.08. The smallest absolute Gasteiger partial charge is 0.0752 e. The van der Waals surface area contributed by atoms with Gasteiger partial charge in [-0.2, -0.15) is 5.10 Å². The average molecular weight is 166 g/mol. The number of aromatic nitrogens is 2. The minimum Gasteiger partial charge on any atom is -0.396 e. The van der Waals surface area contributed by atoms with E-state index < -0.39 is 0 Å². The quantitative estimate of drug-likeness (QED) is 0.584. The Bertz CT molecular complexity index is 300. The van der Waals surface area contributed by atoms with E-state index in [1.165, 1.54) is 0 Å². The number of hydrogen-bond acceptors (Lipinski definition) is 3. The number of rotatable bonds is 0. The minimum atomic E-state index is 0.130. The maximum absolute atomic E-state index is 5.73. The predicted molar refractivity (Wildman–Crippen MR) is 47.6 cm³/mol. The molecule has 0 saturated heterocycles. The molecule has 0 amide bonds. The molecule has 1 aliphatic rings. The molecule has 0 bridgehead atoms. The van der Waals surface area contributed by atoms with E-state index in [4.69, 9.17) is 5.73 Å². The van der Waals surface area contributed by atoms with Crippen molar-refractivity contribution in [2.45, 2.75) is 32.5 Å². The van der Waals surface area contributed by atoms with Crippen molar-refractivity contribution in [3.05, 3.63) is 11.9 Å². The summed E-state index contributed by atoms with van der Waals surface area (Å²) in [6.07, 6.45) is 1.72. The Balaban J connectivity index is 2.37. The summed E-state index contributed by atoms with van der Waals surface area (Å²) in [4.78, 5) is 0. The Labute approximate surface area is 71.7 Å². The molecule has 2 rings (SSSR count). The number of anilines is 1. The SMILES string of the molecule is CC1(C)Cn2ncc(N)c2CN1. The van der Waals surface area contributed by atoms with Gasteiger partial charge in [-0.05, 0) is 13.8 Å². The highest BCUT2D eigenvalue weighted by Crippen LogP contribution is 2.19. The number of nitrogens with two attached hydrogens (primary N) is 1. The van der Waals surface area contributed by atoms with Crippen LogP contribution in [0.3, 0.4) is 0 Å². The summed E-state index contributed by atoms with van der Waals surface area (Å²) in [6.45, 7) is 6.03. The summed E-state index contributed by atoms with van der Waals surface area (Å²) in [7, 11) is 0. The molecule has 0 aromatic carbocycles.